The van der Waals surface area contributed by atoms with Gasteiger partial charge in [0.25, 0.3) is 5.91 Å². The molecule has 1 aliphatic rings. The van der Waals surface area contributed by atoms with E-state index in [2.05, 4.69) is 21.2 Å². The maximum atomic E-state index is 13.7. The smallest absolute Gasteiger partial charge is 0.253 e. The Hall–Kier alpha value is -1.19. The van der Waals surface area contributed by atoms with Crippen LogP contribution in [0.1, 0.15) is 16.8 Å². The molecule has 0 bridgehead atoms. The molecule has 9 heteroatoms. The van der Waals surface area contributed by atoms with Gasteiger partial charge in [-0.25, -0.2) is 17.1 Å². The first kappa shape index (κ1) is 16.2. The third-order valence-corrected chi connectivity index (χ3v) is 5.60. The fraction of sp³-hybridized carbons (Fsp3) is 0.417. The predicted molar refractivity (Wildman–Crippen MR) is 81.1 cm³/mol. The molecule has 3 N–H and O–H groups in total. The molecule has 0 spiro atoms. The molecule has 2 rings (SSSR count). The molecule has 0 radical (unpaired) electrons. The standard InChI is InChI=1S/C12H15BrFN3O3S/c13-8-6-9(14)11(12(15)18)10(7-8)16-2-4-17-3-1-5-21(17,19)20/h6-7,16H,1-5H2,(H2,15,18). The monoisotopic (exact) mass is 379 g/mol. The van der Waals surface area contributed by atoms with Gasteiger partial charge >= 0.3 is 0 Å². The Morgan fingerprint density at radius 2 is 2.19 bits per heavy atom. The largest absolute Gasteiger partial charge is 0.383 e. The highest BCUT2D eigenvalue weighted by Gasteiger charge is 2.27. The minimum Gasteiger partial charge on any atom is -0.383 e. The molecule has 0 atom stereocenters. The molecular formula is C12H15BrFN3O3S. The third kappa shape index (κ3) is 3.72. The molecule has 1 amide bonds. The Morgan fingerprint density at radius 1 is 1.48 bits per heavy atom. The van der Waals surface area contributed by atoms with Crippen LogP contribution >= 0.6 is 15.9 Å². The average molecular weight is 380 g/mol. The van der Waals surface area contributed by atoms with Crippen LogP contribution in [0.3, 0.4) is 0 Å². The zero-order chi connectivity index (χ0) is 15.6. The molecule has 6 nitrogen and oxygen atoms in total. The Morgan fingerprint density at radius 3 is 2.76 bits per heavy atom. The van der Waals surface area contributed by atoms with Crippen molar-refractivity contribution in [2.75, 3.05) is 30.7 Å². The van der Waals surface area contributed by atoms with E-state index in [1.807, 2.05) is 0 Å². The summed E-state index contributed by atoms with van der Waals surface area (Å²) >= 11 is 3.13. The second-order valence-corrected chi connectivity index (χ2v) is 7.67. The molecule has 0 aliphatic carbocycles. The summed E-state index contributed by atoms with van der Waals surface area (Å²) in [5.41, 5.74) is 5.17. The van der Waals surface area contributed by atoms with E-state index in [0.29, 0.717) is 17.4 Å². The molecule has 116 valence electrons. The van der Waals surface area contributed by atoms with E-state index < -0.39 is 21.7 Å². The topological polar surface area (TPSA) is 92.5 Å². The zero-order valence-electron chi connectivity index (χ0n) is 11.1. The number of carbonyl (C=O) groups is 1. The fourth-order valence-electron chi connectivity index (χ4n) is 2.22. The fourth-order valence-corrected chi connectivity index (χ4v) is 4.18. The molecule has 1 heterocycles. The highest BCUT2D eigenvalue weighted by molar-refractivity contribution is 9.10. The van der Waals surface area contributed by atoms with Crippen molar-refractivity contribution in [1.82, 2.24) is 4.31 Å². The number of nitrogens with one attached hydrogen (secondary N) is 1. The molecule has 1 aromatic carbocycles. The first-order chi connectivity index (χ1) is 9.81. The zero-order valence-corrected chi connectivity index (χ0v) is 13.5. The van der Waals surface area contributed by atoms with Crippen molar-refractivity contribution in [3.63, 3.8) is 0 Å². The van der Waals surface area contributed by atoms with Gasteiger partial charge in [0.05, 0.1) is 17.0 Å². The van der Waals surface area contributed by atoms with Gasteiger partial charge in [-0.15, -0.1) is 0 Å². The second-order valence-electron chi connectivity index (χ2n) is 4.67. The van der Waals surface area contributed by atoms with Gasteiger partial charge in [-0.3, -0.25) is 4.79 Å². The lowest BCUT2D eigenvalue weighted by molar-refractivity contribution is 0.0997. The van der Waals surface area contributed by atoms with Crippen molar-refractivity contribution in [2.45, 2.75) is 6.42 Å². The lowest BCUT2D eigenvalue weighted by atomic mass is 10.1. The highest BCUT2D eigenvalue weighted by Crippen LogP contribution is 2.24. The first-order valence-corrected chi connectivity index (χ1v) is 8.72. The maximum Gasteiger partial charge on any atom is 0.253 e. The summed E-state index contributed by atoms with van der Waals surface area (Å²) in [5, 5.41) is 2.86. The third-order valence-electron chi connectivity index (χ3n) is 3.18. The van der Waals surface area contributed by atoms with E-state index in [1.54, 1.807) is 0 Å². The molecule has 0 unspecified atom stereocenters. The number of carbonyl (C=O) groups excluding carboxylic acids is 1. The number of primary amides is 1. The molecule has 1 saturated heterocycles. The van der Waals surface area contributed by atoms with E-state index in [9.17, 15) is 17.6 Å². The number of halogens is 2. The number of rotatable bonds is 5. The number of sulfonamides is 1. The summed E-state index contributed by atoms with van der Waals surface area (Å²) in [4.78, 5) is 11.3. The van der Waals surface area contributed by atoms with Crippen LogP contribution in [0.5, 0.6) is 0 Å². The Kier molecular flexibility index (Phi) is 4.84. The van der Waals surface area contributed by atoms with Crippen LogP contribution in [-0.4, -0.2) is 44.0 Å². The highest BCUT2D eigenvalue weighted by atomic mass is 79.9. The minimum atomic E-state index is -3.17. The van der Waals surface area contributed by atoms with Crippen LogP contribution in [-0.2, 0) is 10.0 Å². The predicted octanol–water partition coefficient (Wildman–Crippen LogP) is 1.13. The van der Waals surface area contributed by atoms with E-state index in [4.69, 9.17) is 5.73 Å². The molecular weight excluding hydrogens is 365 g/mol. The number of anilines is 1. The molecule has 1 fully saturated rings. The van der Waals surface area contributed by atoms with Crippen molar-refractivity contribution in [2.24, 2.45) is 5.73 Å². The van der Waals surface area contributed by atoms with Crippen molar-refractivity contribution in [1.29, 1.82) is 0 Å². The quantitative estimate of drug-likeness (QED) is 0.801. The molecule has 0 saturated carbocycles. The van der Waals surface area contributed by atoms with Crippen LogP contribution in [0.2, 0.25) is 0 Å². The van der Waals surface area contributed by atoms with Crippen LogP contribution in [0.4, 0.5) is 10.1 Å². The number of hydrogen-bond acceptors (Lipinski definition) is 4. The van der Waals surface area contributed by atoms with Crippen molar-refractivity contribution >= 4 is 37.5 Å². The second kappa shape index (κ2) is 6.29. The lowest BCUT2D eigenvalue weighted by Crippen LogP contribution is -2.31. The van der Waals surface area contributed by atoms with Gasteiger partial charge in [0, 0.05) is 24.1 Å². The summed E-state index contributed by atoms with van der Waals surface area (Å²) in [7, 11) is -3.17. The average Bonchev–Trinajstić information content (AvgIpc) is 2.67. The van der Waals surface area contributed by atoms with Crippen molar-refractivity contribution in [3.05, 3.63) is 28.0 Å². The van der Waals surface area contributed by atoms with Gasteiger partial charge < -0.3 is 11.1 Å². The van der Waals surface area contributed by atoms with E-state index >= 15 is 0 Å². The Balaban J connectivity index is 2.08. The number of nitrogens with two attached hydrogens (primary N) is 1. The maximum absolute atomic E-state index is 13.7. The van der Waals surface area contributed by atoms with E-state index in [0.717, 1.165) is 6.07 Å². The summed E-state index contributed by atoms with van der Waals surface area (Å²) < 4.78 is 38.9. The van der Waals surface area contributed by atoms with Crippen LogP contribution in [0, 0.1) is 5.82 Å². The molecule has 1 aliphatic heterocycles. The SMILES string of the molecule is NC(=O)c1c(F)cc(Br)cc1NCCN1CCCS1(=O)=O. The first-order valence-electron chi connectivity index (χ1n) is 6.32. The Bertz CT molecular complexity index is 666. The summed E-state index contributed by atoms with van der Waals surface area (Å²) in [6.07, 6.45) is 0.611. The van der Waals surface area contributed by atoms with Crippen molar-refractivity contribution in [3.8, 4) is 0 Å². The number of hydrogen-bond donors (Lipinski definition) is 2. The molecule has 1 aromatic rings. The van der Waals surface area contributed by atoms with Crippen LogP contribution in [0.25, 0.3) is 0 Å². The number of benzene rings is 1. The van der Waals surface area contributed by atoms with Gasteiger partial charge in [-0.05, 0) is 18.6 Å². The van der Waals surface area contributed by atoms with Gasteiger partial charge in [-0.1, -0.05) is 15.9 Å². The Labute approximate surface area is 130 Å². The van der Waals surface area contributed by atoms with Crippen LogP contribution in [0.15, 0.2) is 16.6 Å². The van der Waals surface area contributed by atoms with Gasteiger partial charge in [0.1, 0.15) is 5.82 Å². The molecule has 0 aromatic heterocycles. The number of amides is 1. The number of nitrogens with zero attached hydrogens (tertiary/aromatic N) is 1. The summed E-state index contributed by atoms with van der Waals surface area (Å²) in [6, 6.07) is 2.68. The van der Waals surface area contributed by atoms with Gasteiger partial charge in [-0.2, -0.15) is 0 Å². The summed E-state index contributed by atoms with van der Waals surface area (Å²) in [6.45, 7) is 1.00. The van der Waals surface area contributed by atoms with E-state index in [1.165, 1.54) is 10.4 Å². The van der Waals surface area contributed by atoms with Gasteiger partial charge in [0.15, 0.2) is 0 Å². The van der Waals surface area contributed by atoms with E-state index in [-0.39, 0.29) is 30.1 Å². The summed E-state index contributed by atoms with van der Waals surface area (Å²) in [5.74, 6) is -1.45. The van der Waals surface area contributed by atoms with Crippen molar-refractivity contribution < 1.29 is 17.6 Å². The molecule has 21 heavy (non-hydrogen) atoms. The minimum absolute atomic E-state index is 0.158. The van der Waals surface area contributed by atoms with Crippen LogP contribution < -0.4 is 11.1 Å². The van der Waals surface area contributed by atoms with Gasteiger partial charge in [0.2, 0.25) is 10.0 Å². The normalized spacial score (nSPS) is 17.8. The lowest BCUT2D eigenvalue weighted by Gasteiger charge is -2.16.